The van der Waals surface area contributed by atoms with Crippen LogP contribution < -0.4 is 0 Å². The summed E-state index contributed by atoms with van der Waals surface area (Å²) >= 11 is 3.50. The SMILES string of the molecule is Oc1cc(CC(c2ccc(Br)cc2)C2CC2)nn1-c1ccccc1. The van der Waals surface area contributed by atoms with Crippen molar-refractivity contribution in [1.82, 2.24) is 9.78 Å². The smallest absolute Gasteiger partial charge is 0.214 e. The van der Waals surface area contributed by atoms with Crippen molar-refractivity contribution in [3.8, 4) is 11.6 Å². The van der Waals surface area contributed by atoms with E-state index in [0.29, 0.717) is 5.92 Å². The van der Waals surface area contributed by atoms with E-state index in [9.17, 15) is 5.11 Å². The van der Waals surface area contributed by atoms with Crippen LogP contribution in [0.3, 0.4) is 0 Å². The highest BCUT2D eigenvalue weighted by Gasteiger charge is 2.33. The van der Waals surface area contributed by atoms with E-state index in [2.05, 4.69) is 45.3 Å². The Morgan fingerprint density at radius 1 is 1.08 bits per heavy atom. The van der Waals surface area contributed by atoms with Crippen LogP contribution in [0.25, 0.3) is 5.69 Å². The van der Waals surface area contributed by atoms with Gasteiger partial charge in [-0.3, -0.25) is 0 Å². The van der Waals surface area contributed by atoms with Gasteiger partial charge in [0.25, 0.3) is 0 Å². The quantitative estimate of drug-likeness (QED) is 0.668. The molecule has 1 aromatic heterocycles. The summed E-state index contributed by atoms with van der Waals surface area (Å²) in [5, 5.41) is 14.9. The fraction of sp³-hybridized carbons (Fsp3) is 0.250. The number of para-hydroxylation sites is 1. The monoisotopic (exact) mass is 382 g/mol. The summed E-state index contributed by atoms with van der Waals surface area (Å²) in [6.07, 6.45) is 3.43. The van der Waals surface area contributed by atoms with Crippen LogP contribution in [0, 0.1) is 5.92 Å². The summed E-state index contributed by atoms with van der Waals surface area (Å²) < 4.78 is 2.72. The van der Waals surface area contributed by atoms with Crippen LogP contribution in [0.2, 0.25) is 0 Å². The molecule has 3 aromatic rings. The van der Waals surface area contributed by atoms with Gasteiger partial charge in [-0.15, -0.1) is 0 Å². The Morgan fingerprint density at radius 2 is 1.79 bits per heavy atom. The van der Waals surface area contributed by atoms with Crippen LogP contribution in [-0.2, 0) is 6.42 Å². The molecule has 1 aliphatic carbocycles. The molecule has 0 amide bonds. The van der Waals surface area contributed by atoms with Crippen molar-refractivity contribution in [2.45, 2.75) is 25.2 Å². The molecule has 1 N–H and O–H groups in total. The third kappa shape index (κ3) is 3.24. The second-order valence-corrected chi connectivity index (χ2v) is 7.36. The van der Waals surface area contributed by atoms with Gasteiger partial charge in [0, 0.05) is 10.5 Å². The molecule has 1 saturated carbocycles. The number of rotatable bonds is 5. The summed E-state index contributed by atoms with van der Waals surface area (Å²) in [7, 11) is 0. The van der Waals surface area contributed by atoms with Crippen molar-refractivity contribution < 1.29 is 5.11 Å². The van der Waals surface area contributed by atoms with Crippen LogP contribution in [0.15, 0.2) is 65.1 Å². The van der Waals surface area contributed by atoms with Gasteiger partial charge >= 0.3 is 0 Å². The van der Waals surface area contributed by atoms with Crippen LogP contribution >= 0.6 is 15.9 Å². The first-order valence-electron chi connectivity index (χ1n) is 8.29. The highest BCUT2D eigenvalue weighted by Crippen LogP contribution is 2.44. The van der Waals surface area contributed by atoms with Crippen LogP contribution in [0.5, 0.6) is 5.88 Å². The molecule has 0 bridgehead atoms. The number of nitrogens with zero attached hydrogens (tertiary/aromatic N) is 2. The Bertz CT molecular complexity index is 823. The predicted octanol–water partition coefficient (Wildman–Crippen LogP) is 5.08. The summed E-state index contributed by atoms with van der Waals surface area (Å²) in [5.74, 6) is 1.40. The first-order chi connectivity index (χ1) is 11.7. The van der Waals surface area contributed by atoms with Gasteiger partial charge in [0.05, 0.1) is 11.4 Å². The van der Waals surface area contributed by atoms with E-state index in [4.69, 9.17) is 0 Å². The summed E-state index contributed by atoms with van der Waals surface area (Å²) in [4.78, 5) is 0. The van der Waals surface area contributed by atoms with Gasteiger partial charge in [-0.1, -0.05) is 46.3 Å². The van der Waals surface area contributed by atoms with Crippen molar-refractivity contribution in [2.24, 2.45) is 5.92 Å². The number of hydrogen-bond donors (Lipinski definition) is 1. The number of hydrogen-bond acceptors (Lipinski definition) is 2. The molecule has 0 aliphatic heterocycles. The van der Waals surface area contributed by atoms with E-state index in [1.807, 2.05) is 30.3 Å². The molecular formula is C20H19BrN2O. The standard InChI is InChI=1S/C20H19BrN2O/c21-16-10-8-15(9-11-16)19(14-6-7-14)12-17-13-20(24)23(22-17)18-4-2-1-3-5-18/h1-5,8-11,13-14,19,24H,6-7,12H2. The van der Waals surface area contributed by atoms with Crippen LogP contribution in [-0.4, -0.2) is 14.9 Å². The maximum absolute atomic E-state index is 10.3. The molecule has 2 aromatic carbocycles. The van der Waals surface area contributed by atoms with Gasteiger partial charge < -0.3 is 5.11 Å². The van der Waals surface area contributed by atoms with Gasteiger partial charge in [-0.05, 0) is 60.9 Å². The molecule has 0 spiro atoms. The molecule has 1 aliphatic rings. The van der Waals surface area contributed by atoms with E-state index in [0.717, 1.165) is 28.2 Å². The lowest BCUT2D eigenvalue weighted by atomic mass is 9.90. The fourth-order valence-corrected chi connectivity index (χ4v) is 3.53. The Balaban J connectivity index is 1.60. The molecular weight excluding hydrogens is 364 g/mol. The zero-order valence-corrected chi connectivity index (χ0v) is 14.9. The molecule has 1 fully saturated rings. The molecule has 1 atom stereocenters. The molecule has 4 heteroatoms. The average molecular weight is 383 g/mol. The molecule has 3 nitrogen and oxygen atoms in total. The highest BCUT2D eigenvalue weighted by atomic mass is 79.9. The minimum Gasteiger partial charge on any atom is -0.493 e. The second kappa shape index (κ2) is 6.44. The maximum Gasteiger partial charge on any atom is 0.214 e. The minimum absolute atomic E-state index is 0.196. The Hall–Kier alpha value is -2.07. The van der Waals surface area contributed by atoms with E-state index in [-0.39, 0.29) is 5.88 Å². The van der Waals surface area contributed by atoms with Gasteiger partial charge in [0.1, 0.15) is 0 Å². The van der Waals surface area contributed by atoms with Gasteiger partial charge in [-0.25, -0.2) is 4.68 Å². The van der Waals surface area contributed by atoms with Gasteiger partial charge in [0.15, 0.2) is 0 Å². The van der Waals surface area contributed by atoms with E-state index in [1.165, 1.54) is 18.4 Å². The Kier molecular flexibility index (Phi) is 4.15. The first-order valence-corrected chi connectivity index (χ1v) is 9.09. The topological polar surface area (TPSA) is 38.1 Å². The third-order valence-corrected chi connectivity index (χ3v) is 5.19. The summed E-state index contributed by atoms with van der Waals surface area (Å²) in [6, 6.07) is 20.1. The van der Waals surface area contributed by atoms with E-state index < -0.39 is 0 Å². The third-order valence-electron chi connectivity index (χ3n) is 4.66. The number of aromatic hydroxyl groups is 1. The average Bonchev–Trinajstić information content (AvgIpc) is 3.37. The van der Waals surface area contributed by atoms with Crippen molar-refractivity contribution in [3.05, 3.63) is 76.4 Å². The maximum atomic E-state index is 10.3. The lowest BCUT2D eigenvalue weighted by Crippen LogP contribution is -2.06. The summed E-state index contributed by atoms with van der Waals surface area (Å²) in [5.41, 5.74) is 3.18. The molecule has 0 radical (unpaired) electrons. The van der Waals surface area contributed by atoms with E-state index in [1.54, 1.807) is 10.7 Å². The lowest BCUT2D eigenvalue weighted by Gasteiger charge is -2.15. The number of aromatic nitrogens is 2. The van der Waals surface area contributed by atoms with Crippen molar-refractivity contribution >= 4 is 15.9 Å². The Labute approximate surface area is 150 Å². The molecule has 122 valence electrons. The second-order valence-electron chi connectivity index (χ2n) is 6.44. The van der Waals surface area contributed by atoms with Crippen molar-refractivity contribution in [3.63, 3.8) is 0 Å². The molecule has 1 heterocycles. The molecule has 24 heavy (non-hydrogen) atoms. The lowest BCUT2D eigenvalue weighted by molar-refractivity contribution is 0.433. The van der Waals surface area contributed by atoms with Gasteiger partial charge in [-0.2, -0.15) is 5.10 Å². The van der Waals surface area contributed by atoms with Crippen LogP contribution in [0.4, 0.5) is 0 Å². The molecule has 4 rings (SSSR count). The minimum atomic E-state index is 0.196. The number of benzene rings is 2. The summed E-state index contributed by atoms with van der Waals surface area (Å²) in [6.45, 7) is 0. The largest absolute Gasteiger partial charge is 0.493 e. The first kappa shape index (κ1) is 15.5. The zero-order valence-electron chi connectivity index (χ0n) is 13.3. The highest BCUT2D eigenvalue weighted by molar-refractivity contribution is 9.10. The Morgan fingerprint density at radius 3 is 2.46 bits per heavy atom. The van der Waals surface area contributed by atoms with Crippen LogP contribution in [0.1, 0.15) is 30.0 Å². The van der Waals surface area contributed by atoms with Crippen molar-refractivity contribution in [2.75, 3.05) is 0 Å². The fourth-order valence-electron chi connectivity index (χ4n) is 3.27. The van der Waals surface area contributed by atoms with E-state index >= 15 is 0 Å². The van der Waals surface area contributed by atoms with Gasteiger partial charge in [0.2, 0.25) is 5.88 Å². The van der Waals surface area contributed by atoms with Crippen molar-refractivity contribution in [1.29, 1.82) is 0 Å². The zero-order chi connectivity index (χ0) is 16.5. The normalized spacial score (nSPS) is 15.4. The molecule has 0 saturated heterocycles. The number of halogens is 1. The predicted molar refractivity (Wildman–Crippen MR) is 98.5 cm³/mol. The molecule has 1 unspecified atom stereocenters.